The molecule has 1 N–H and O–H groups in total. The first kappa shape index (κ1) is 18.2. The van der Waals surface area contributed by atoms with Crippen molar-refractivity contribution in [2.45, 2.75) is 60.4 Å². The molecule has 0 aliphatic rings. The van der Waals surface area contributed by atoms with Gasteiger partial charge in [0.15, 0.2) is 0 Å². The molecular formula is C18H33N. The average Bonchev–Trinajstić information content (AvgIpc) is 2.36. The zero-order valence-corrected chi connectivity index (χ0v) is 14.0. The summed E-state index contributed by atoms with van der Waals surface area (Å²) in [6, 6.07) is 0.502. The van der Waals surface area contributed by atoms with E-state index < -0.39 is 0 Å². The second kappa shape index (κ2) is 9.14. The standard InChI is InChI=1S/C18H33N/c1-9-10-14(4)18(12-11-13(2)3)16(6)15(5)17(7)19-8/h11-12,14-15,17,19H,2,9-10H2,1,3-8H3/b12-11+,18-16-/t14?,15-,17?/m1/s1. The van der Waals surface area contributed by atoms with Crippen LogP contribution in [0.3, 0.4) is 0 Å². The Hall–Kier alpha value is -0.820. The minimum absolute atomic E-state index is 0.502. The summed E-state index contributed by atoms with van der Waals surface area (Å²) >= 11 is 0. The van der Waals surface area contributed by atoms with Gasteiger partial charge in [0.1, 0.15) is 0 Å². The Kier molecular flexibility index (Phi) is 8.75. The zero-order valence-electron chi connectivity index (χ0n) is 14.0. The second-order valence-corrected chi connectivity index (χ2v) is 5.87. The van der Waals surface area contributed by atoms with Crippen molar-refractivity contribution >= 4 is 0 Å². The highest BCUT2D eigenvalue weighted by molar-refractivity contribution is 5.32. The summed E-state index contributed by atoms with van der Waals surface area (Å²) in [6.45, 7) is 17.4. The summed E-state index contributed by atoms with van der Waals surface area (Å²) < 4.78 is 0. The maximum absolute atomic E-state index is 3.97. The quantitative estimate of drug-likeness (QED) is 0.600. The summed E-state index contributed by atoms with van der Waals surface area (Å²) in [5.74, 6) is 1.17. The molecule has 1 nitrogen and oxygen atoms in total. The summed E-state index contributed by atoms with van der Waals surface area (Å²) in [4.78, 5) is 0. The normalized spacial score (nSPS) is 18.1. The van der Waals surface area contributed by atoms with Gasteiger partial charge in [-0.1, -0.05) is 57.1 Å². The highest BCUT2D eigenvalue weighted by atomic mass is 14.9. The van der Waals surface area contributed by atoms with Gasteiger partial charge in [0.2, 0.25) is 0 Å². The number of nitrogens with one attached hydrogen (secondary N) is 1. The van der Waals surface area contributed by atoms with Crippen molar-refractivity contribution in [1.82, 2.24) is 5.32 Å². The van der Waals surface area contributed by atoms with Gasteiger partial charge >= 0.3 is 0 Å². The van der Waals surface area contributed by atoms with E-state index >= 15 is 0 Å². The summed E-state index contributed by atoms with van der Waals surface area (Å²) in [6.07, 6.45) is 6.89. The Labute approximate surface area is 120 Å². The Morgan fingerprint density at radius 1 is 1.16 bits per heavy atom. The average molecular weight is 263 g/mol. The first-order valence-electron chi connectivity index (χ1n) is 7.56. The van der Waals surface area contributed by atoms with Crippen molar-refractivity contribution in [3.8, 4) is 0 Å². The molecule has 0 aromatic heterocycles. The molecule has 110 valence electrons. The fourth-order valence-electron chi connectivity index (χ4n) is 2.39. The van der Waals surface area contributed by atoms with Gasteiger partial charge in [0.05, 0.1) is 0 Å². The Morgan fingerprint density at radius 3 is 2.16 bits per heavy atom. The number of rotatable bonds is 8. The number of allylic oxidation sites excluding steroid dienone is 4. The van der Waals surface area contributed by atoms with E-state index in [-0.39, 0.29) is 0 Å². The van der Waals surface area contributed by atoms with Crippen LogP contribution in [0.5, 0.6) is 0 Å². The van der Waals surface area contributed by atoms with E-state index in [1.54, 1.807) is 0 Å². The molecule has 0 saturated carbocycles. The van der Waals surface area contributed by atoms with Crippen LogP contribution in [-0.4, -0.2) is 13.1 Å². The van der Waals surface area contributed by atoms with Crippen LogP contribution in [-0.2, 0) is 0 Å². The van der Waals surface area contributed by atoms with Crippen LogP contribution in [0.4, 0.5) is 0 Å². The lowest BCUT2D eigenvalue weighted by Crippen LogP contribution is -2.30. The highest BCUT2D eigenvalue weighted by Gasteiger charge is 2.17. The van der Waals surface area contributed by atoms with Crippen molar-refractivity contribution in [2.24, 2.45) is 11.8 Å². The molecule has 0 amide bonds. The van der Waals surface area contributed by atoms with Crippen LogP contribution in [0.2, 0.25) is 0 Å². The third-order valence-corrected chi connectivity index (χ3v) is 4.14. The lowest BCUT2D eigenvalue weighted by molar-refractivity contribution is 0.469. The molecule has 0 aromatic carbocycles. The van der Waals surface area contributed by atoms with Crippen molar-refractivity contribution in [2.75, 3.05) is 7.05 Å². The van der Waals surface area contributed by atoms with Crippen LogP contribution < -0.4 is 5.32 Å². The van der Waals surface area contributed by atoms with Crippen LogP contribution in [0.1, 0.15) is 54.4 Å². The Bertz CT molecular complexity index is 336. The fraction of sp³-hybridized carbons (Fsp3) is 0.667. The van der Waals surface area contributed by atoms with Gasteiger partial charge in [-0.2, -0.15) is 0 Å². The molecule has 0 aromatic rings. The molecule has 0 aliphatic heterocycles. The summed E-state index contributed by atoms with van der Waals surface area (Å²) in [7, 11) is 2.04. The third kappa shape index (κ3) is 6.24. The van der Waals surface area contributed by atoms with E-state index in [4.69, 9.17) is 0 Å². The molecular weight excluding hydrogens is 230 g/mol. The van der Waals surface area contributed by atoms with Gasteiger partial charge in [-0.25, -0.2) is 0 Å². The largest absolute Gasteiger partial charge is 0.317 e. The van der Waals surface area contributed by atoms with Crippen molar-refractivity contribution in [1.29, 1.82) is 0 Å². The smallest absolute Gasteiger partial charge is 0.00986 e. The first-order valence-corrected chi connectivity index (χ1v) is 7.56. The molecule has 3 atom stereocenters. The van der Waals surface area contributed by atoms with Crippen LogP contribution in [0, 0.1) is 11.8 Å². The lowest BCUT2D eigenvalue weighted by Gasteiger charge is -2.25. The van der Waals surface area contributed by atoms with Crippen molar-refractivity contribution in [3.63, 3.8) is 0 Å². The lowest BCUT2D eigenvalue weighted by atomic mass is 9.84. The molecule has 0 heterocycles. The molecule has 0 saturated heterocycles. The van der Waals surface area contributed by atoms with E-state index in [9.17, 15) is 0 Å². The molecule has 1 heteroatoms. The Balaban J connectivity index is 5.34. The van der Waals surface area contributed by atoms with E-state index in [2.05, 4.69) is 58.7 Å². The third-order valence-electron chi connectivity index (χ3n) is 4.14. The Morgan fingerprint density at radius 2 is 1.74 bits per heavy atom. The molecule has 0 bridgehead atoms. The predicted molar refractivity (Wildman–Crippen MR) is 88.4 cm³/mol. The zero-order chi connectivity index (χ0) is 15.0. The fourth-order valence-corrected chi connectivity index (χ4v) is 2.39. The molecule has 0 radical (unpaired) electrons. The first-order chi connectivity index (χ1) is 8.84. The maximum atomic E-state index is 3.97. The SMILES string of the molecule is C=C(C)/C=C/C(=C(\C)[C@@H](C)C(C)NC)C(C)CCC. The van der Waals surface area contributed by atoms with E-state index in [1.807, 2.05) is 14.0 Å². The van der Waals surface area contributed by atoms with Crippen molar-refractivity contribution < 1.29 is 0 Å². The van der Waals surface area contributed by atoms with Gasteiger partial charge < -0.3 is 5.32 Å². The van der Waals surface area contributed by atoms with Crippen LogP contribution >= 0.6 is 0 Å². The van der Waals surface area contributed by atoms with E-state index in [1.165, 1.54) is 24.0 Å². The van der Waals surface area contributed by atoms with E-state index in [0.29, 0.717) is 17.9 Å². The summed E-state index contributed by atoms with van der Waals surface area (Å²) in [5, 5.41) is 3.36. The summed E-state index contributed by atoms with van der Waals surface area (Å²) in [5.41, 5.74) is 4.10. The molecule has 0 aliphatic carbocycles. The molecule has 0 fully saturated rings. The molecule has 0 spiro atoms. The molecule has 19 heavy (non-hydrogen) atoms. The van der Waals surface area contributed by atoms with Gasteiger partial charge in [0, 0.05) is 6.04 Å². The second-order valence-electron chi connectivity index (χ2n) is 5.87. The van der Waals surface area contributed by atoms with Gasteiger partial charge in [-0.3, -0.25) is 0 Å². The minimum Gasteiger partial charge on any atom is -0.317 e. The van der Waals surface area contributed by atoms with Crippen LogP contribution in [0.25, 0.3) is 0 Å². The monoisotopic (exact) mass is 263 g/mol. The topological polar surface area (TPSA) is 12.0 Å². The highest BCUT2D eigenvalue weighted by Crippen LogP contribution is 2.27. The number of hydrogen-bond donors (Lipinski definition) is 1. The van der Waals surface area contributed by atoms with Crippen LogP contribution in [0.15, 0.2) is 35.5 Å². The van der Waals surface area contributed by atoms with Gasteiger partial charge in [-0.15, -0.1) is 0 Å². The minimum atomic E-state index is 0.502. The number of hydrogen-bond acceptors (Lipinski definition) is 1. The van der Waals surface area contributed by atoms with Crippen molar-refractivity contribution in [3.05, 3.63) is 35.5 Å². The van der Waals surface area contributed by atoms with Gasteiger partial charge in [-0.05, 0) is 51.6 Å². The molecule has 0 rings (SSSR count). The predicted octanol–water partition coefficient (Wildman–Crippen LogP) is 5.12. The van der Waals surface area contributed by atoms with Gasteiger partial charge in [0.25, 0.3) is 0 Å². The molecule has 2 unspecified atom stereocenters. The maximum Gasteiger partial charge on any atom is 0.00986 e. The van der Waals surface area contributed by atoms with E-state index in [0.717, 1.165) is 5.57 Å².